The Kier molecular flexibility index (Phi) is 3.64. The van der Waals surface area contributed by atoms with Crippen molar-refractivity contribution in [1.29, 1.82) is 0 Å². The Labute approximate surface area is 88.1 Å². The highest BCUT2D eigenvalue weighted by molar-refractivity contribution is 7.92. The molecule has 0 heterocycles. The van der Waals surface area contributed by atoms with Crippen molar-refractivity contribution in [2.24, 2.45) is 0 Å². The molecule has 1 N–H and O–H groups in total. The number of nitrogens with one attached hydrogen (secondary N) is 1. The Balaban J connectivity index is 2.78. The van der Waals surface area contributed by atoms with Gasteiger partial charge in [-0.2, -0.15) is 0 Å². The van der Waals surface area contributed by atoms with Crippen molar-refractivity contribution in [1.82, 2.24) is 4.72 Å². The molecule has 0 spiro atoms. The molecule has 0 aromatic heterocycles. The predicted octanol–water partition coefficient (Wildman–Crippen LogP) is 1.14. The van der Waals surface area contributed by atoms with Gasteiger partial charge in [-0.15, -0.1) is 0 Å². The smallest absolute Gasteiger partial charge is 0.209 e. The third-order valence-corrected chi connectivity index (χ3v) is 4.89. The van der Waals surface area contributed by atoms with E-state index in [1.807, 2.05) is 13.8 Å². The summed E-state index contributed by atoms with van der Waals surface area (Å²) in [5.74, 6) is 0. The summed E-state index contributed by atoms with van der Waals surface area (Å²) in [5.41, 5.74) is 0. The van der Waals surface area contributed by atoms with Gasteiger partial charge in [0.15, 0.2) is 0 Å². The van der Waals surface area contributed by atoms with Crippen LogP contribution < -0.4 is 4.72 Å². The molecule has 5 heteroatoms. The van der Waals surface area contributed by atoms with Crippen LogP contribution in [0.5, 0.6) is 0 Å². The molecule has 80 valence electrons. The van der Waals surface area contributed by atoms with E-state index in [9.17, 15) is 8.42 Å². The number of sulfonamides is 1. The van der Waals surface area contributed by atoms with Gasteiger partial charge in [0.25, 0.3) is 0 Å². The van der Waals surface area contributed by atoms with Gasteiger partial charge >= 0.3 is 0 Å². The Morgan fingerprint density at radius 2 is 1.71 bits per heavy atom. The summed E-state index contributed by atoms with van der Waals surface area (Å²) in [5, 5.41) is 0. The molecule has 1 aliphatic rings. The highest BCUT2D eigenvalue weighted by Crippen LogP contribution is 2.31. The summed E-state index contributed by atoms with van der Waals surface area (Å²) < 4.78 is 25.3. The van der Waals surface area contributed by atoms with E-state index in [4.69, 9.17) is 7.85 Å². The van der Waals surface area contributed by atoms with Crippen molar-refractivity contribution in [2.45, 2.75) is 56.6 Å². The Hall–Kier alpha value is -0.0251. The maximum atomic E-state index is 11.9. The van der Waals surface area contributed by atoms with Crippen molar-refractivity contribution in [3.63, 3.8) is 0 Å². The molecule has 0 amide bonds. The first kappa shape index (κ1) is 12.0. The Bertz CT molecular complexity index is 281. The Morgan fingerprint density at radius 1 is 1.21 bits per heavy atom. The lowest BCUT2D eigenvalue weighted by molar-refractivity contribution is 0.445. The minimum atomic E-state index is -3.35. The van der Waals surface area contributed by atoms with Crippen molar-refractivity contribution in [2.75, 3.05) is 0 Å². The SMILES string of the molecule is [B]C1(S(=O)(=O)NC(C)C)CCCCC1. The van der Waals surface area contributed by atoms with Crippen molar-refractivity contribution in [3.8, 4) is 0 Å². The number of hydrogen-bond acceptors (Lipinski definition) is 2. The first-order valence-electron chi connectivity index (χ1n) is 5.18. The van der Waals surface area contributed by atoms with Crippen LogP contribution in [0.25, 0.3) is 0 Å². The summed E-state index contributed by atoms with van der Waals surface area (Å²) in [6.07, 6.45) is 4.07. The Morgan fingerprint density at radius 3 is 2.14 bits per heavy atom. The maximum absolute atomic E-state index is 11.9. The fourth-order valence-corrected chi connectivity index (χ4v) is 3.53. The molecule has 2 radical (unpaired) electrons. The largest absolute Gasteiger partial charge is 0.213 e. The molecule has 0 saturated heterocycles. The van der Waals surface area contributed by atoms with E-state index >= 15 is 0 Å². The van der Waals surface area contributed by atoms with Crippen LogP contribution in [0.2, 0.25) is 0 Å². The van der Waals surface area contributed by atoms with E-state index in [2.05, 4.69) is 4.72 Å². The third-order valence-electron chi connectivity index (χ3n) is 2.63. The van der Waals surface area contributed by atoms with Gasteiger partial charge in [0, 0.05) is 10.7 Å². The summed E-state index contributed by atoms with van der Waals surface area (Å²) in [4.78, 5) is 0. The zero-order chi connectivity index (χ0) is 10.8. The van der Waals surface area contributed by atoms with Gasteiger partial charge in [-0.3, -0.25) is 0 Å². The van der Waals surface area contributed by atoms with E-state index < -0.39 is 14.7 Å². The molecule has 0 bridgehead atoms. The van der Waals surface area contributed by atoms with Gasteiger partial charge < -0.3 is 0 Å². The van der Waals surface area contributed by atoms with Crippen LogP contribution in [0.15, 0.2) is 0 Å². The van der Waals surface area contributed by atoms with E-state index in [1.165, 1.54) is 0 Å². The van der Waals surface area contributed by atoms with Gasteiger partial charge in [0.1, 0.15) is 0 Å². The summed E-state index contributed by atoms with van der Waals surface area (Å²) in [7, 11) is 2.58. The highest BCUT2D eigenvalue weighted by Gasteiger charge is 2.39. The van der Waals surface area contributed by atoms with Crippen LogP contribution in [0.1, 0.15) is 46.0 Å². The third kappa shape index (κ3) is 2.51. The van der Waals surface area contributed by atoms with E-state index in [0.717, 1.165) is 19.3 Å². The zero-order valence-electron chi connectivity index (χ0n) is 8.91. The second-order valence-electron chi connectivity index (χ2n) is 4.40. The topological polar surface area (TPSA) is 46.2 Å². The number of rotatable bonds is 3. The molecule has 1 aliphatic carbocycles. The minimum absolute atomic E-state index is 0.0812. The lowest BCUT2D eigenvalue weighted by Gasteiger charge is -2.34. The summed E-state index contributed by atoms with van der Waals surface area (Å²) in [6.45, 7) is 3.62. The second-order valence-corrected chi connectivity index (χ2v) is 6.46. The molecule has 0 aliphatic heterocycles. The molecule has 1 rings (SSSR count). The molecular weight excluding hydrogens is 197 g/mol. The molecule has 1 fully saturated rings. The maximum Gasteiger partial charge on any atom is 0.209 e. The predicted molar refractivity (Wildman–Crippen MR) is 58.8 cm³/mol. The summed E-state index contributed by atoms with van der Waals surface area (Å²) >= 11 is 0. The normalized spacial score (nSPS) is 22.5. The first-order chi connectivity index (χ1) is 6.37. The van der Waals surface area contributed by atoms with Crippen LogP contribution in [-0.4, -0.2) is 27.0 Å². The minimum Gasteiger partial charge on any atom is -0.213 e. The van der Waals surface area contributed by atoms with Gasteiger partial charge in [-0.05, 0) is 26.7 Å². The van der Waals surface area contributed by atoms with Crippen molar-refractivity contribution < 1.29 is 8.42 Å². The highest BCUT2D eigenvalue weighted by atomic mass is 32.2. The van der Waals surface area contributed by atoms with Crippen molar-refractivity contribution >= 4 is 17.9 Å². The van der Waals surface area contributed by atoms with Crippen LogP contribution in [0.3, 0.4) is 0 Å². The van der Waals surface area contributed by atoms with Gasteiger partial charge in [0.2, 0.25) is 10.0 Å². The molecule has 0 aromatic carbocycles. The van der Waals surface area contributed by atoms with Crippen LogP contribution >= 0.6 is 0 Å². The lowest BCUT2D eigenvalue weighted by Crippen LogP contribution is -2.49. The van der Waals surface area contributed by atoms with Crippen molar-refractivity contribution in [3.05, 3.63) is 0 Å². The molecule has 0 atom stereocenters. The average molecular weight is 215 g/mol. The van der Waals surface area contributed by atoms with E-state index in [0.29, 0.717) is 12.8 Å². The molecule has 14 heavy (non-hydrogen) atoms. The fraction of sp³-hybridized carbons (Fsp3) is 1.00. The lowest BCUT2D eigenvalue weighted by atomic mass is 9.74. The fourth-order valence-electron chi connectivity index (χ4n) is 1.85. The molecule has 3 nitrogen and oxygen atoms in total. The van der Waals surface area contributed by atoms with Crippen LogP contribution in [-0.2, 0) is 10.0 Å². The molecule has 0 unspecified atom stereocenters. The first-order valence-corrected chi connectivity index (χ1v) is 6.66. The quantitative estimate of drug-likeness (QED) is 0.717. The number of hydrogen-bond donors (Lipinski definition) is 1. The van der Waals surface area contributed by atoms with Gasteiger partial charge in [-0.1, -0.05) is 19.3 Å². The van der Waals surface area contributed by atoms with Crippen LogP contribution in [0.4, 0.5) is 0 Å². The van der Waals surface area contributed by atoms with Gasteiger partial charge in [-0.25, -0.2) is 13.1 Å². The molecule has 0 aromatic rings. The van der Waals surface area contributed by atoms with Crippen LogP contribution in [0, 0.1) is 0 Å². The zero-order valence-corrected chi connectivity index (χ0v) is 9.73. The summed E-state index contributed by atoms with van der Waals surface area (Å²) in [6, 6.07) is -0.0812. The van der Waals surface area contributed by atoms with E-state index in [1.54, 1.807) is 0 Å². The molecule has 1 saturated carbocycles. The molecular formula is C9H18BNO2S. The average Bonchev–Trinajstić information content (AvgIpc) is 2.02. The monoisotopic (exact) mass is 215 g/mol. The van der Waals surface area contributed by atoms with Gasteiger partial charge in [0.05, 0.1) is 7.85 Å². The van der Waals surface area contributed by atoms with E-state index in [-0.39, 0.29) is 6.04 Å². The second kappa shape index (κ2) is 4.23. The standard InChI is InChI=1S/C9H18BNO2S/c1-8(2)11-14(12,13)9(10)6-4-3-5-7-9/h8,11H,3-7H2,1-2H3.